The number of nitrogens with zero attached hydrogens (tertiary/aromatic N) is 1. The van der Waals surface area contributed by atoms with E-state index in [0.717, 1.165) is 37.3 Å². The van der Waals surface area contributed by atoms with Gasteiger partial charge in [-0.05, 0) is 68.6 Å². The van der Waals surface area contributed by atoms with Crippen LogP contribution in [0, 0.1) is 13.8 Å². The lowest BCUT2D eigenvalue weighted by molar-refractivity contribution is 0.114. The van der Waals surface area contributed by atoms with Crippen molar-refractivity contribution in [3.05, 3.63) is 34.9 Å². The molecule has 1 aromatic carbocycles. The molecule has 1 aliphatic rings. The van der Waals surface area contributed by atoms with Crippen LogP contribution in [0.1, 0.15) is 36.5 Å². The first-order valence-electron chi connectivity index (χ1n) is 7.33. The van der Waals surface area contributed by atoms with Crippen LogP contribution in [0.25, 0.3) is 0 Å². The lowest BCUT2D eigenvalue weighted by Gasteiger charge is -2.12. The van der Waals surface area contributed by atoms with Crippen molar-refractivity contribution >= 4 is 23.0 Å². The third-order valence-electron chi connectivity index (χ3n) is 3.76. The van der Waals surface area contributed by atoms with E-state index in [1.807, 2.05) is 6.92 Å². The molecule has 1 heterocycles. The lowest BCUT2D eigenvalue weighted by Crippen LogP contribution is -2.37. The highest BCUT2D eigenvalue weighted by atomic mass is 32.1. The normalized spacial score (nSPS) is 18.6. The van der Waals surface area contributed by atoms with Crippen molar-refractivity contribution in [2.75, 3.05) is 13.2 Å². The van der Waals surface area contributed by atoms with Gasteiger partial charge in [-0.15, -0.1) is 0 Å². The van der Waals surface area contributed by atoms with Gasteiger partial charge in [-0.2, -0.15) is 5.10 Å². The highest BCUT2D eigenvalue weighted by molar-refractivity contribution is 7.80. The van der Waals surface area contributed by atoms with Crippen LogP contribution in [0.5, 0.6) is 0 Å². The number of rotatable bonds is 4. The second kappa shape index (κ2) is 7.52. The zero-order valence-electron chi connectivity index (χ0n) is 12.9. The highest BCUT2D eigenvalue weighted by Crippen LogP contribution is 2.11. The Labute approximate surface area is 132 Å². The van der Waals surface area contributed by atoms with E-state index in [9.17, 15) is 0 Å². The van der Waals surface area contributed by atoms with Gasteiger partial charge >= 0.3 is 0 Å². The number of thiocarbonyl (C=S) groups is 1. The second-order valence-corrected chi connectivity index (χ2v) is 5.86. The number of ether oxygens (including phenoxy) is 1. The minimum absolute atomic E-state index is 0.273. The van der Waals surface area contributed by atoms with E-state index in [1.54, 1.807) is 0 Å². The maximum Gasteiger partial charge on any atom is 0.187 e. The van der Waals surface area contributed by atoms with Crippen LogP contribution in [-0.2, 0) is 4.74 Å². The van der Waals surface area contributed by atoms with Gasteiger partial charge in [0.2, 0.25) is 0 Å². The molecular formula is C16H23N3OS. The Bertz CT molecular complexity index is 536. The fourth-order valence-corrected chi connectivity index (χ4v) is 2.35. The van der Waals surface area contributed by atoms with E-state index >= 15 is 0 Å². The summed E-state index contributed by atoms with van der Waals surface area (Å²) in [7, 11) is 0. The molecule has 0 saturated carbocycles. The van der Waals surface area contributed by atoms with Gasteiger partial charge in [-0.3, -0.25) is 5.43 Å². The van der Waals surface area contributed by atoms with Crippen molar-refractivity contribution in [2.45, 2.75) is 39.7 Å². The van der Waals surface area contributed by atoms with Crippen molar-refractivity contribution in [3.8, 4) is 0 Å². The zero-order chi connectivity index (χ0) is 15.2. The molecule has 1 saturated heterocycles. The van der Waals surface area contributed by atoms with Gasteiger partial charge in [0.05, 0.1) is 11.8 Å². The Morgan fingerprint density at radius 1 is 1.38 bits per heavy atom. The number of hydrogen-bond acceptors (Lipinski definition) is 3. The summed E-state index contributed by atoms with van der Waals surface area (Å²) in [6.07, 6.45) is 2.51. The smallest absolute Gasteiger partial charge is 0.187 e. The highest BCUT2D eigenvalue weighted by Gasteiger charge is 2.15. The summed E-state index contributed by atoms with van der Waals surface area (Å²) < 4.78 is 5.54. The third-order valence-corrected chi connectivity index (χ3v) is 4.00. The molecule has 0 aliphatic carbocycles. The molecule has 0 unspecified atom stereocenters. The number of aryl methyl sites for hydroxylation is 2. The Morgan fingerprint density at radius 2 is 2.19 bits per heavy atom. The van der Waals surface area contributed by atoms with Crippen LogP contribution >= 0.6 is 12.2 Å². The monoisotopic (exact) mass is 305 g/mol. The third kappa shape index (κ3) is 4.79. The topological polar surface area (TPSA) is 45.7 Å². The minimum Gasteiger partial charge on any atom is -0.376 e. The zero-order valence-corrected chi connectivity index (χ0v) is 13.7. The molecular weight excluding hydrogens is 282 g/mol. The maximum absolute atomic E-state index is 5.54. The van der Waals surface area contributed by atoms with Gasteiger partial charge in [-0.25, -0.2) is 0 Å². The van der Waals surface area contributed by atoms with E-state index in [2.05, 4.69) is 47.9 Å². The molecule has 0 radical (unpaired) electrons. The summed E-state index contributed by atoms with van der Waals surface area (Å²) in [4.78, 5) is 0. The molecule has 0 aromatic heterocycles. The SMILES string of the molecule is C/C(=N/NC(=S)NC[C@H]1CCCO1)c1ccc(C)c(C)c1. The molecule has 1 aromatic rings. The van der Waals surface area contributed by atoms with Crippen LogP contribution in [0.4, 0.5) is 0 Å². The molecule has 4 nitrogen and oxygen atoms in total. The van der Waals surface area contributed by atoms with Crippen molar-refractivity contribution in [2.24, 2.45) is 5.10 Å². The predicted octanol–water partition coefficient (Wildman–Crippen LogP) is 2.67. The maximum atomic E-state index is 5.54. The first-order chi connectivity index (χ1) is 10.1. The van der Waals surface area contributed by atoms with Gasteiger partial charge in [-0.1, -0.05) is 12.1 Å². The van der Waals surface area contributed by atoms with Gasteiger partial charge in [0.15, 0.2) is 5.11 Å². The molecule has 5 heteroatoms. The molecule has 0 amide bonds. The van der Waals surface area contributed by atoms with Crippen LogP contribution in [0.15, 0.2) is 23.3 Å². The Kier molecular flexibility index (Phi) is 5.70. The van der Waals surface area contributed by atoms with E-state index in [0.29, 0.717) is 5.11 Å². The molecule has 114 valence electrons. The quantitative estimate of drug-likeness (QED) is 0.510. The molecule has 1 aliphatic heterocycles. The molecule has 1 fully saturated rings. The number of hydrazone groups is 1. The van der Waals surface area contributed by atoms with E-state index in [4.69, 9.17) is 17.0 Å². The van der Waals surface area contributed by atoms with Crippen LogP contribution in [0.2, 0.25) is 0 Å². The van der Waals surface area contributed by atoms with Gasteiger partial charge in [0.25, 0.3) is 0 Å². The molecule has 0 spiro atoms. The van der Waals surface area contributed by atoms with Crippen molar-refractivity contribution in [1.82, 2.24) is 10.7 Å². The predicted molar refractivity (Wildman–Crippen MR) is 90.8 cm³/mol. The fraction of sp³-hybridized carbons (Fsp3) is 0.500. The van der Waals surface area contributed by atoms with Gasteiger partial charge in [0, 0.05) is 13.2 Å². The van der Waals surface area contributed by atoms with Crippen molar-refractivity contribution in [3.63, 3.8) is 0 Å². The second-order valence-electron chi connectivity index (χ2n) is 5.45. The van der Waals surface area contributed by atoms with Gasteiger partial charge in [0.1, 0.15) is 0 Å². The standard InChI is InChI=1S/C16H23N3OS/c1-11-6-7-14(9-12(11)2)13(3)18-19-16(21)17-10-15-5-4-8-20-15/h6-7,9,15H,4-5,8,10H2,1-3H3,(H2,17,19,21)/b18-13-/t15-/m1/s1. The lowest BCUT2D eigenvalue weighted by atomic mass is 10.0. The van der Waals surface area contributed by atoms with E-state index in [1.165, 1.54) is 11.1 Å². The summed E-state index contributed by atoms with van der Waals surface area (Å²) in [6.45, 7) is 7.78. The molecule has 21 heavy (non-hydrogen) atoms. The van der Waals surface area contributed by atoms with Crippen LogP contribution in [-0.4, -0.2) is 30.1 Å². The Balaban J connectivity index is 1.84. The van der Waals surface area contributed by atoms with Crippen molar-refractivity contribution < 1.29 is 4.74 Å². The molecule has 0 bridgehead atoms. The van der Waals surface area contributed by atoms with Crippen LogP contribution in [0.3, 0.4) is 0 Å². The van der Waals surface area contributed by atoms with Crippen LogP contribution < -0.4 is 10.7 Å². The fourth-order valence-electron chi connectivity index (χ4n) is 2.22. The first-order valence-corrected chi connectivity index (χ1v) is 7.74. The molecule has 2 N–H and O–H groups in total. The summed E-state index contributed by atoms with van der Waals surface area (Å²) in [5.74, 6) is 0. The first kappa shape index (κ1) is 15.9. The molecule has 2 rings (SSSR count). The van der Waals surface area contributed by atoms with Crippen molar-refractivity contribution in [1.29, 1.82) is 0 Å². The summed E-state index contributed by atoms with van der Waals surface area (Å²) in [5, 5.41) is 8.01. The minimum atomic E-state index is 0.273. The van der Waals surface area contributed by atoms with E-state index in [-0.39, 0.29) is 6.10 Å². The average Bonchev–Trinajstić information content (AvgIpc) is 2.98. The average molecular weight is 305 g/mol. The Hall–Kier alpha value is -1.46. The number of benzene rings is 1. The number of hydrogen-bond donors (Lipinski definition) is 2. The Morgan fingerprint density at radius 3 is 2.86 bits per heavy atom. The van der Waals surface area contributed by atoms with Gasteiger partial charge < -0.3 is 10.1 Å². The largest absolute Gasteiger partial charge is 0.376 e. The van der Waals surface area contributed by atoms with E-state index < -0.39 is 0 Å². The summed E-state index contributed by atoms with van der Waals surface area (Å²) >= 11 is 5.22. The summed E-state index contributed by atoms with van der Waals surface area (Å²) in [5.41, 5.74) is 7.46. The number of nitrogens with one attached hydrogen (secondary N) is 2. The summed E-state index contributed by atoms with van der Waals surface area (Å²) in [6, 6.07) is 6.32. The molecule has 1 atom stereocenters.